The van der Waals surface area contributed by atoms with Crippen LogP contribution in [0.25, 0.3) is 22.8 Å². The van der Waals surface area contributed by atoms with Gasteiger partial charge >= 0.3 is 0 Å². The number of aromatic nitrogens is 2. The summed E-state index contributed by atoms with van der Waals surface area (Å²) >= 11 is 0. The Labute approximate surface area is 122 Å². The van der Waals surface area contributed by atoms with Crippen LogP contribution in [-0.2, 0) is 0 Å². The number of hydrogen-bond donors (Lipinski definition) is 1. The molecule has 1 heterocycles. The van der Waals surface area contributed by atoms with Gasteiger partial charge in [-0.3, -0.25) is 0 Å². The molecule has 0 aliphatic rings. The highest BCUT2D eigenvalue weighted by molar-refractivity contribution is 5.63. The molecule has 3 aromatic rings. The second-order valence-corrected chi connectivity index (χ2v) is 4.73. The van der Waals surface area contributed by atoms with Crippen molar-refractivity contribution in [1.29, 1.82) is 0 Å². The number of aryl methyl sites for hydroxylation is 1. The van der Waals surface area contributed by atoms with E-state index in [4.69, 9.17) is 15.0 Å². The van der Waals surface area contributed by atoms with E-state index >= 15 is 0 Å². The largest absolute Gasteiger partial charge is 0.496 e. The van der Waals surface area contributed by atoms with Gasteiger partial charge in [0.25, 0.3) is 5.89 Å². The first-order valence-electron chi connectivity index (χ1n) is 6.52. The first-order chi connectivity index (χ1) is 10.2. The minimum atomic E-state index is 0.450. The standard InChI is InChI=1S/C16H15N3O2/c1-10-8-11(6-7-14(10)20-2)15-18-16(21-19-15)12-4-3-5-13(17)9-12/h3-9H,17H2,1-2H3. The molecule has 0 atom stereocenters. The van der Waals surface area contributed by atoms with Gasteiger partial charge in [-0.2, -0.15) is 4.98 Å². The molecule has 3 rings (SSSR count). The Bertz CT molecular complexity index is 781. The second kappa shape index (κ2) is 5.28. The van der Waals surface area contributed by atoms with Crippen LogP contribution in [0.3, 0.4) is 0 Å². The number of hydrogen-bond acceptors (Lipinski definition) is 5. The van der Waals surface area contributed by atoms with Crippen LogP contribution in [0.5, 0.6) is 5.75 Å². The number of nitrogens with zero attached hydrogens (tertiary/aromatic N) is 2. The highest BCUT2D eigenvalue weighted by Crippen LogP contribution is 2.26. The Morgan fingerprint density at radius 1 is 1.10 bits per heavy atom. The minimum Gasteiger partial charge on any atom is -0.496 e. The van der Waals surface area contributed by atoms with Gasteiger partial charge in [-0.05, 0) is 48.9 Å². The van der Waals surface area contributed by atoms with Gasteiger partial charge in [-0.25, -0.2) is 0 Å². The number of rotatable bonds is 3. The lowest BCUT2D eigenvalue weighted by atomic mass is 10.1. The summed E-state index contributed by atoms with van der Waals surface area (Å²) in [7, 11) is 1.65. The Balaban J connectivity index is 1.96. The van der Waals surface area contributed by atoms with Crippen molar-refractivity contribution in [3.63, 3.8) is 0 Å². The van der Waals surface area contributed by atoms with Crippen LogP contribution in [-0.4, -0.2) is 17.3 Å². The van der Waals surface area contributed by atoms with Crippen LogP contribution in [0, 0.1) is 6.92 Å². The molecular formula is C16H15N3O2. The molecule has 106 valence electrons. The fourth-order valence-electron chi connectivity index (χ4n) is 2.15. The molecule has 1 aromatic heterocycles. The van der Waals surface area contributed by atoms with E-state index in [1.807, 2.05) is 43.3 Å². The maximum Gasteiger partial charge on any atom is 0.258 e. The zero-order valence-electron chi connectivity index (χ0n) is 11.8. The zero-order valence-corrected chi connectivity index (χ0v) is 11.8. The summed E-state index contributed by atoms with van der Waals surface area (Å²) in [5.74, 6) is 1.82. The average molecular weight is 281 g/mol. The molecule has 0 aliphatic heterocycles. The van der Waals surface area contributed by atoms with E-state index in [0.29, 0.717) is 17.4 Å². The molecule has 0 aliphatic carbocycles. The minimum absolute atomic E-state index is 0.450. The predicted molar refractivity (Wildman–Crippen MR) is 80.9 cm³/mol. The van der Waals surface area contributed by atoms with Gasteiger partial charge in [0.05, 0.1) is 7.11 Å². The molecule has 2 aromatic carbocycles. The van der Waals surface area contributed by atoms with Gasteiger partial charge in [0.1, 0.15) is 5.75 Å². The topological polar surface area (TPSA) is 74.2 Å². The Morgan fingerprint density at radius 2 is 1.95 bits per heavy atom. The van der Waals surface area contributed by atoms with E-state index in [0.717, 1.165) is 22.4 Å². The van der Waals surface area contributed by atoms with E-state index < -0.39 is 0 Å². The lowest BCUT2D eigenvalue weighted by Crippen LogP contribution is -1.89. The molecule has 21 heavy (non-hydrogen) atoms. The quantitative estimate of drug-likeness (QED) is 0.745. The second-order valence-electron chi connectivity index (χ2n) is 4.73. The van der Waals surface area contributed by atoms with Crippen LogP contribution in [0.2, 0.25) is 0 Å². The molecule has 0 fully saturated rings. The number of methoxy groups -OCH3 is 1. The van der Waals surface area contributed by atoms with Crippen molar-refractivity contribution in [3.05, 3.63) is 48.0 Å². The monoisotopic (exact) mass is 281 g/mol. The summed E-state index contributed by atoms with van der Waals surface area (Å²) in [4.78, 5) is 4.41. The molecule has 0 bridgehead atoms. The van der Waals surface area contributed by atoms with Crippen molar-refractivity contribution in [3.8, 4) is 28.6 Å². The fourth-order valence-corrected chi connectivity index (χ4v) is 2.15. The van der Waals surface area contributed by atoms with Crippen LogP contribution in [0.1, 0.15) is 5.56 Å². The van der Waals surface area contributed by atoms with Gasteiger partial charge in [-0.15, -0.1) is 0 Å². The average Bonchev–Trinajstić information content (AvgIpc) is 2.97. The number of nitrogens with two attached hydrogens (primary N) is 1. The smallest absolute Gasteiger partial charge is 0.258 e. The molecule has 0 spiro atoms. The first kappa shape index (κ1) is 13.2. The number of nitrogen functional groups attached to an aromatic ring is 1. The number of anilines is 1. The van der Waals surface area contributed by atoms with E-state index in [2.05, 4.69) is 10.1 Å². The Morgan fingerprint density at radius 3 is 2.67 bits per heavy atom. The van der Waals surface area contributed by atoms with Gasteiger partial charge < -0.3 is 15.0 Å². The zero-order chi connectivity index (χ0) is 14.8. The van der Waals surface area contributed by atoms with E-state index in [-0.39, 0.29) is 0 Å². The predicted octanol–water partition coefficient (Wildman–Crippen LogP) is 3.30. The van der Waals surface area contributed by atoms with E-state index in [9.17, 15) is 0 Å². The van der Waals surface area contributed by atoms with Gasteiger partial charge in [0.2, 0.25) is 5.82 Å². The van der Waals surface area contributed by atoms with Crippen molar-refractivity contribution in [2.45, 2.75) is 6.92 Å². The summed E-state index contributed by atoms with van der Waals surface area (Å²) in [5, 5.41) is 4.02. The van der Waals surface area contributed by atoms with Crippen molar-refractivity contribution in [1.82, 2.24) is 10.1 Å². The summed E-state index contributed by atoms with van der Waals surface area (Å²) in [6.07, 6.45) is 0. The van der Waals surface area contributed by atoms with Crippen LogP contribution < -0.4 is 10.5 Å². The number of benzene rings is 2. The van der Waals surface area contributed by atoms with Crippen molar-refractivity contribution >= 4 is 5.69 Å². The van der Waals surface area contributed by atoms with Crippen LogP contribution in [0.15, 0.2) is 47.0 Å². The maximum absolute atomic E-state index is 5.76. The van der Waals surface area contributed by atoms with Crippen LogP contribution >= 0.6 is 0 Å². The summed E-state index contributed by atoms with van der Waals surface area (Å²) in [6, 6.07) is 13.1. The molecule has 0 amide bonds. The third-order valence-corrected chi connectivity index (χ3v) is 3.21. The van der Waals surface area contributed by atoms with E-state index in [1.165, 1.54) is 0 Å². The molecule has 0 saturated heterocycles. The third kappa shape index (κ3) is 2.58. The van der Waals surface area contributed by atoms with Crippen molar-refractivity contribution < 1.29 is 9.26 Å². The van der Waals surface area contributed by atoms with E-state index in [1.54, 1.807) is 13.2 Å². The lowest BCUT2D eigenvalue weighted by Gasteiger charge is -2.04. The lowest BCUT2D eigenvalue weighted by molar-refractivity contribution is 0.411. The Hall–Kier alpha value is -2.82. The summed E-state index contributed by atoms with van der Waals surface area (Å²) in [6.45, 7) is 1.97. The molecule has 0 radical (unpaired) electrons. The highest BCUT2D eigenvalue weighted by Gasteiger charge is 2.11. The van der Waals surface area contributed by atoms with Gasteiger partial charge in [0.15, 0.2) is 0 Å². The fraction of sp³-hybridized carbons (Fsp3) is 0.125. The summed E-state index contributed by atoms with van der Waals surface area (Å²) < 4.78 is 10.6. The highest BCUT2D eigenvalue weighted by atomic mass is 16.5. The normalized spacial score (nSPS) is 10.6. The van der Waals surface area contributed by atoms with Crippen molar-refractivity contribution in [2.24, 2.45) is 0 Å². The molecule has 0 unspecified atom stereocenters. The summed E-state index contributed by atoms with van der Waals surface area (Å²) in [5.41, 5.74) is 9.13. The maximum atomic E-state index is 5.76. The molecular weight excluding hydrogens is 266 g/mol. The molecule has 2 N–H and O–H groups in total. The van der Waals surface area contributed by atoms with Gasteiger partial charge in [-0.1, -0.05) is 11.2 Å². The SMILES string of the molecule is COc1ccc(-c2noc(-c3cccc(N)c3)n2)cc1C. The van der Waals surface area contributed by atoms with Crippen molar-refractivity contribution in [2.75, 3.05) is 12.8 Å². The molecule has 5 nitrogen and oxygen atoms in total. The molecule has 5 heteroatoms. The third-order valence-electron chi connectivity index (χ3n) is 3.21. The first-order valence-corrected chi connectivity index (χ1v) is 6.52. The number of ether oxygens (including phenoxy) is 1. The van der Waals surface area contributed by atoms with Crippen LogP contribution in [0.4, 0.5) is 5.69 Å². The Kier molecular flexibility index (Phi) is 3.31. The van der Waals surface area contributed by atoms with Gasteiger partial charge in [0, 0.05) is 16.8 Å². The molecule has 0 saturated carbocycles.